The summed E-state index contributed by atoms with van der Waals surface area (Å²) in [4.78, 5) is 0. The third-order valence-electron chi connectivity index (χ3n) is 1.66. The van der Waals surface area contributed by atoms with Gasteiger partial charge in [-0.1, -0.05) is 13.8 Å². The van der Waals surface area contributed by atoms with Crippen LogP contribution in [0.3, 0.4) is 0 Å². The molecule has 0 aliphatic carbocycles. The van der Waals surface area contributed by atoms with Crippen molar-refractivity contribution in [2.75, 3.05) is 0 Å². The maximum atomic E-state index is 2.08. The first kappa shape index (κ1) is 12.3. The Kier molecular flexibility index (Phi) is 6.39. The van der Waals surface area contributed by atoms with Gasteiger partial charge in [-0.05, 0) is 0 Å². The molecule has 2 aromatic rings. The van der Waals surface area contributed by atoms with Crippen LogP contribution in [0.5, 0.6) is 0 Å². The SMILES string of the molecule is C[c-]1cccc1.C[c-]1cccc1.[V]. The molecule has 1 heteroatoms. The molecule has 0 unspecified atom stereocenters. The zero-order chi connectivity index (χ0) is 8.81. The molecule has 0 aliphatic rings. The molecule has 0 atom stereocenters. The summed E-state index contributed by atoms with van der Waals surface area (Å²) >= 11 is 0. The van der Waals surface area contributed by atoms with Crippen LogP contribution in [0.2, 0.25) is 0 Å². The summed E-state index contributed by atoms with van der Waals surface area (Å²) in [6.07, 6.45) is 0. The van der Waals surface area contributed by atoms with E-state index in [0.717, 1.165) is 0 Å². The van der Waals surface area contributed by atoms with Gasteiger partial charge in [-0.25, -0.2) is 24.3 Å². The van der Waals surface area contributed by atoms with Gasteiger partial charge in [-0.2, -0.15) is 35.4 Å². The van der Waals surface area contributed by atoms with E-state index in [2.05, 4.69) is 38.1 Å². The molecule has 0 nitrogen and oxygen atoms in total. The summed E-state index contributed by atoms with van der Waals surface area (Å²) < 4.78 is 0. The third-order valence-corrected chi connectivity index (χ3v) is 1.66. The van der Waals surface area contributed by atoms with Gasteiger partial charge in [0, 0.05) is 18.6 Å². The Balaban J connectivity index is 0.000000206. The molecule has 0 aliphatic heterocycles. The number of rotatable bonds is 0. The van der Waals surface area contributed by atoms with Crippen LogP contribution in [0, 0.1) is 13.8 Å². The van der Waals surface area contributed by atoms with Gasteiger partial charge in [0.1, 0.15) is 0 Å². The zero-order valence-electron chi connectivity index (χ0n) is 8.07. The molecule has 0 amide bonds. The van der Waals surface area contributed by atoms with E-state index in [1.165, 1.54) is 11.1 Å². The Morgan fingerprint density at radius 1 is 0.615 bits per heavy atom. The Hall–Kier alpha value is -0.716. The number of hydrogen-bond donors (Lipinski definition) is 0. The molecular formula is C12H14V-2. The van der Waals surface area contributed by atoms with E-state index in [1.807, 2.05) is 24.3 Å². The summed E-state index contributed by atoms with van der Waals surface area (Å²) in [6, 6.07) is 16.5. The molecule has 0 fully saturated rings. The largest absolute Gasteiger partial charge is 0.213 e. The van der Waals surface area contributed by atoms with Crippen molar-refractivity contribution in [2.24, 2.45) is 0 Å². The zero-order valence-corrected chi connectivity index (χ0v) is 9.46. The molecule has 2 aromatic carbocycles. The molecule has 2 rings (SSSR count). The summed E-state index contributed by atoms with van der Waals surface area (Å²) in [6.45, 7) is 4.17. The van der Waals surface area contributed by atoms with Crippen molar-refractivity contribution < 1.29 is 18.6 Å². The molecule has 0 spiro atoms. The third kappa shape index (κ3) is 5.51. The van der Waals surface area contributed by atoms with Gasteiger partial charge >= 0.3 is 0 Å². The first-order valence-electron chi connectivity index (χ1n) is 4.15. The predicted octanol–water partition coefficient (Wildman–Crippen LogP) is 3.43. The summed E-state index contributed by atoms with van der Waals surface area (Å²) in [5.74, 6) is 0. The van der Waals surface area contributed by atoms with Crippen LogP contribution in [0.25, 0.3) is 0 Å². The molecule has 0 heterocycles. The fourth-order valence-electron chi connectivity index (χ4n) is 0.940. The topological polar surface area (TPSA) is 0 Å². The van der Waals surface area contributed by atoms with Crippen LogP contribution in [0.1, 0.15) is 11.1 Å². The minimum absolute atomic E-state index is 0. The molecule has 0 saturated carbocycles. The van der Waals surface area contributed by atoms with Crippen LogP contribution < -0.4 is 0 Å². The van der Waals surface area contributed by atoms with Gasteiger partial charge in [-0.15, -0.1) is 0 Å². The van der Waals surface area contributed by atoms with Crippen molar-refractivity contribution in [1.82, 2.24) is 0 Å². The van der Waals surface area contributed by atoms with Crippen molar-refractivity contribution in [2.45, 2.75) is 13.8 Å². The second-order valence-corrected chi connectivity index (χ2v) is 2.92. The number of aryl methyl sites for hydroxylation is 2. The van der Waals surface area contributed by atoms with Crippen molar-refractivity contribution in [1.29, 1.82) is 0 Å². The van der Waals surface area contributed by atoms with Gasteiger partial charge in [0.05, 0.1) is 0 Å². The Morgan fingerprint density at radius 3 is 0.923 bits per heavy atom. The maximum Gasteiger partial charge on any atom is 0 e. The van der Waals surface area contributed by atoms with Gasteiger partial charge in [-0.3, -0.25) is 0 Å². The molecular weight excluding hydrogens is 195 g/mol. The van der Waals surface area contributed by atoms with E-state index in [9.17, 15) is 0 Å². The average molecular weight is 209 g/mol. The maximum absolute atomic E-state index is 2.08. The Bertz CT molecular complexity index is 245. The van der Waals surface area contributed by atoms with Gasteiger partial charge in [0.2, 0.25) is 0 Å². The minimum Gasteiger partial charge on any atom is -0.213 e. The Morgan fingerprint density at radius 2 is 0.846 bits per heavy atom. The van der Waals surface area contributed by atoms with Crippen LogP contribution >= 0.6 is 0 Å². The van der Waals surface area contributed by atoms with E-state index in [4.69, 9.17) is 0 Å². The molecule has 69 valence electrons. The first-order valence-corrected chi connectivity index (χ1v) is 4.15. The van der Waals surface area contributed by atoms with Crippen molar-refractivity contribution in [3.63, 3.8) is 0 Å². The summed E-state index contributed by atoms with van der Waals surface area (Å²) in [7, 11) is 0. The summed E-state index contributed by atoms with van der Waals surface area (Å²) in [5, 5.41) is 0. The van der Waals surface area contributed by atoms with Gasteiger partial charge in [0.15, 0.2) is 0 Å². The molecule has 0 N–H and O–H groups in total. The van der Waals surface area contributed by atoms with Crippen LogP contribution in [-0.2, 0) is 18.6 Å². The predicted molar refractivity (Wildman–Crippen MR) is 53.5 cm³/mol. The average Bonchev–Trinajstić information content (AvgIpc) is 2.63. The van der Waals surface area contributed by atoms with E-state index in [1.54, 1.807) is 0 Å². The van der Waals surface area contributed by atoms with Crippen LogP contribution in [0.4, 0.5) is 0 Å². The Labute approximate surface area is 92.2 Å². The van der Waals surface area contributed by atoms with E-state index in [-0.39, 0.29) is 18.6 Å². The second kappa shape index (κ2) is 6.76. The molecule has 13 heavy (non-hydrogen) atoms. The fourth-order valence-corrected chi connectivity index (χ4v) is 0.940. The monoisotopic (exact) mass is 209 g/mol. The smallest absolute Gasteiger partial charge is 0 e. The van der Waals surface area contributed by atoms with Crippen LogP contribution in [-0.4, -0.2) is 0 Å². The van der Waals surface area contributed by atoms with Crippen LogP contribution in [0.15, 0.2) is 48.5 Å². The molecule has 0 saturated heterocycles. The quantitative estimate of drug-likeness (QED) is 0.583. The molecule has 0 aromatic heterocycles. The number of hydrogen-bond acceptors (Lipinski definition) is 0. The van der Waals surface area contributed by atoms with E-state index >= 15 is 0 Å². The molecule has 0 bridgehead atoms. The molecule has 1 radical (unpaired) electrons. The van der Waals surface area contributed by atoms with Gasteiger partial charge in [0.25, 0.3) is 0 Å². The standard InChI is InChI=1S/2C6H7.V/c2*1-6-4-2-3-5-6;/h2*2-5H,1H3;/q2*-1;. The van der Waals surface area contributed by atoms with Crippen molar-refractivity contribution in [3.05, 3.63) is 59.7 Å². The summed E-state index contributed by atoms with van der Waals surface area (Å²) in [5.41, 5.74) is 2.69. The van der Waals surface area contributed by atoms with Gasteiger partial charge < -0.3 is 0 Å². The van der Waals surface area contributed by atoms with Crippen molar-refractivity contribution in [3.8, 4) is 0 Å². The second-order valence-electron chi connectivity index (χ2n) is 2.92. The first-order chi connectivity index (χ1) is 5.79. The minimum atomic E-state index is 0. The van der Waals surface area contributed by atoms with E-state index in [0.29, 0.717) is 0 Å². The normalized spacial score (nSPS) is 8.15. The fraction of sp³-hybridized carbons (Fsp3) is 0.167. The van der Waals surface area contributed by atoms with Crippen molar-refractivity contribution >= 4 is 0 Å². The van der Waals surface area contributed by atoms with E-state index < -0.39 is 0 Å².